The van der Waals surface area contributed by atoms with E-state index in [4.69, 9.17) is 36.8 Å². The van der Waals surface area contributed by atoms with Gasteiger partial charge in [0.05, 0.1) is 13.2 Å². The number of anilines is 2. The van der Waals surface area contributed by atoms with Crippen molar-refractivity contribution in [2.45, 2.75) is 37.8 Å². The van der Waals surface area contributed by atoms with Crippen LogP contribution >= 0.6 is 11.6 Å². The van der Waals surface area contributed by atoms with Crippen molar-refractivity contribution in [2.75, 3.05) is 63.2 Å². The molecule has 0 unspecified atom stereocenters. The molecule has 9 nitrogen and oxygen atoms in total. The summed E-state index contributed by atoms with van der Waals surface area (Å²) in [6.07, 6.45) is 4.38. The zero-order chi connectivity index (χ0) is 30.0. The first-order valence-corrected chi connectivity index (χ1v) is 17.4. The van der Waals surface area contributed by atoms with Gasteiger partial charge in [-0.1, -0.05) is 0 Å². The third kappa shape index (κ3) is 5.02. The summed E-state index contributed by atoms with van der Waals surface area (Å²) in [4.78, 5) is 14.3. The normalized spacial score (nSPS) is 22.9. The quantitative estimate of drug-likeness (QED) is 0.278. The fourth-order valence-corrected chi connectivity index (χ4v) is 9.43. The molecular weight excluding hydrogens is 648 g/mol. The summed E-state index contributed by atoms with van der Waals surface area (Å²) in [6.45, 7) is 6.35. The molecule has 2 aromatic carbocycles. The molecule has 44 heavy (non-hydrogen) atoms. The van der Waals surface area contributed by atoms with E-state index >= 15 is 4.39 Å². The van der Waals surface area contributed by atoms with Crippen LogP contribution in [0.3, 0.4) is 0 Å². The minimum atomic E-state index is -0.544. The minimum absolute atomic E-state index is 0.0555. The molecule has 3 saturated heterocycles. The summed E-state index contributed by atoms with van der Waals surface area (Å²) in [5.41, 5.74) is 7.63. The van der Waals surface area contributed by atoms with Crippen LogP contribution in [0.2, 0.25) is 5.02 Å². The van der Waals surface area contributed by atoms with Crippen molar-refractivity contribution in [3.8, 4) is 23.2 Å². The summed E-state index contributed by atoms with van der Waals surface area (Å²) >= 11 is 6.72. The van der Waals surface area contributed by atoms with Gasteiger partial charge in [0.2, 0.25) is 0 Å². The third-order valence-corrected chi connectivity index (χ3v) is 12.0. The van der Waals surface area contributed by atoms with Gasteiger partial charge < -0.3 is 4.74 Å². The van der Waals surface area contributed by atoms with Gasteiger partial charge in [-0.05, 0) is 0 Å². The second kappa shape index (κ2) is 11.1. The second-order valence-corrected chi connectivity index (χ2v) is 15.3. The summed E-state index contributed by atoms with van der Waals surface area (Å²) in [7, 11) is 0. The number of hydrogen-bond donors (Lipinski definition) is 2. The van der Waals surface area contributed by atoms with Crippen molar-refractivity contribution >= 4 is 57.0 Å². The van der Waals surface area contributed by atoms with Gasteiger partial charge in [-0.2, -0.15) is 0 Å². The number of morpholine rings is 1. The first-order valence-electron chi connectivity index (χ1n) is 15.3. The van der Waals surface area contributed by atoms with E-state index in [-0.39, 0.29) is 42.0 Å². The standard InChI is InChI=1S/C32H33ClFN7O2Se/c33-23-12-21-28(27(34)26(23)20-2-1-3-24-25(20)22(13-35)29(36)44-24)38-31(39-30(21)41-14-18-4-5-19(15-41)37-18)43-17-32(6-7-32)16-40-8-10-42-11-9-40/h1-3,12,18-19,37H,4-11,14-17,36H2/t18-,19+. The van der Waals surface area contributed by atoms with E-state index in [1.165, 1.54) is 0 Å². The number of aromatic nitrogens is 2. The molecule has 2 aromatic heterocycles. The van der Waals surface area contributed by atoms with Crippen molar-refractivity contribution < 1.29 is 13.9 Å². The number of nitrogens with zero attached hydrogens (tertiary/aromatic N) is 5. The van der Waals surface area contributed by atoms with Gasteiger partial charge in [0.25, 0.3) is 0 Å². The van der Waals surface area contributed by atoms with Crippen LogP contribution in [0.5, 0.6) is 6.01 Å². The number of halogens is 2. The van der Waals surface area contributed by atoms with Gasteiger partial charge in [0.1, 0.15) is 0 Å². The molecule has 0 spiro atoms. The molecule has 3 aliphatic heterocycles. The van der Waals surface area contributed by atoms with E-state index in [2.05, 4.69) is 21.2 Å². The average Bonchev–Trinajstić information content (AvgIpc) is 3.59. The number of piperazine rings is 1. The van der Waals surface area contributed by atoms with Crippen LogP contribution in [-0.2, 0) is 4.74 Å². The first-order chi connectivity index (χ1) is 21.4. The van der Waals surface area contributed by atoms with Crippen LogP contribution in [0, 0.1) is 22.6 Å². The molecule has 4 aromatic rings. The number of nitrogen functional groups attached to an aromatic ring is 1. The number of nitrogens with two attached hydrogens (primary N) is 1. The molecule has 0 radical (unpaired) electrons. The van der Waals surface area contributed by atoms with Gasteiger partial charge in [0.15, 0.2) is 0 Å². The van der Waals surface area contributed by atoms with Crippen LogP contribution in [0.25, 0.3) is 31.7 Å². The zero-order valence-electron chi connectivity index (χ0n) is 24.2. The Hall–Kier alpha value is -2.97. The Morgan fingerprint density at radius 3 is 2.70 bits per heavy atom. The monoisotopic (exact) mass is 681 g/mol. The van der Waals surface area contributed by atoms with Gasteiger partial charge in [-0.15, -0.1) is 0 Å². The molecule has 2 bridgehead atoms. The summed E-state index contributed by atoms with van der Waals surface area (Å²) < 4.78 is 30.3. The number of fused-ring (bicyclic) bond motifs is 4. The van der Waals surface area contributed by atoms with Crippen molar-refractivity contribution in [1.82, 2.24) is 20.2 Å². The Balaban J connectivity index is 1.22. The molecule has 5 heterocycles. The predicted molar refractivity (Wildman–Crippen MR) is 170 cm³/mol. The van der Waals surface area contributed by atoms with Crippen molar-refractivity contribution in [3.05, 3.63) is 40.7 Å². The van der Waals surface area contributed by atoms with E-state index < -0.39 is 5.82 Å². The maximum absolute atomic E-state index is 16.9. The number of ether oxygens (including phenoxy) is 2. The Kier molecular flexibility index (Phi) is 7.21. The van der Waals surface area contributed by atoms with Crippen molar-refractivity contribution in [2.24, 2.45) is 5.41 Å². The van der Waals surface area contributed by atoms with Gasteiger partial charge in [0, 0.05) is 13.1 Å². The molecule has 2 atom stereocenters. The van der Waals surface area contributed by atoms with Crippen molar-refractivity contribution in [1.29, 1.82) is 5.26 Å². The Morgan fingerprint density at radius 2 is 1.98 bits per heavy atom. The van der Waals surface area contributed by atoms with Crippen LogP contribution in [0.15, 0.2) is 24.3 Å². The SMILES string of the molecule is N#Cc1c(N)[se]c2cccc(-c3c(Cl)cc4c(N5C[C@H]6CC[C@@H](C5)N6)nc(OCC5(CN6CCOCC6)CC5)nc4c3F)c12. The molecule has 0 amide bonds. The topological polar surface area (TPSA) is 113 Å². The Labute approximate surface area is 265 Å². The maximum atomic E-state index is 16.9. The Bertz CT molecular complexity index is 1800. The molecule has 1 aliphatic carbocycles. The van der Waals surface area contributed by atoms with Crippen LogP contribution in [0.4, 0.5) is 14.8 Å². The van der Waals surface area contributed by atoms with Crippen molar-refractivity contribution in [3.63, 3.8) is 0 Å². The van der Waals surface area contributed by atoms with E-state index in [1.807, 2.05) is 12.1 Å². The van der Waals surface area contributed by atoms with E-state index in [0.717, 1.165) is 75.9 Å². The molecule has 3 N–H and O–H groups in total. The fourth-order valence-electron chi connectivity index (χ4n) is 7.14. The molecule has 1 saturated carbocycles. The molecule has 8 rings (SSSR count). The van der Waals surface area contributed by atoms with E-state index in [1.54, 1.807) is 12.1 Å². The molecule has 4 aliphatic rings. The number of rotatable bonds is 7. The molecule has 228 valence electrons. The molecular formula is C32H33ClFN7O2Se. The number of hydrogen-bond acceptors (Lipinski definition) is 9. The van der Waals surface area contributed by atoms with Crippen LogP contribution in [-0.4, -0.2) is 94.0 Å². The van der Waals surface area contributed by atoms with Gasteiger partial charge >= 0.3 is 231 Å². The van der Waals surface area contributed by atoms with Gasteiger partial charge in [-0.25, -0.2) is 0 Å². The number of nitriles is 1. The zero-order valence-corrected chi connectivity index (χ0v) is 26.7. The molecule has 4 fully saturated rings. The Morgan fingerprint density at radius 1 is 1.20 bits per heavy atom. The average molecular weight is 681 g/mol. The third-order valence-electron chi connectivity index (χ3n) is 9.61. The fraction of sp³-hybridized carbons (Fsp3) is 0.469. The first kappa shape index (κ1) is 28.5. The summed E-state index contributed by atoms with van der Waals surface area (Å²) in [6, 6.07) is 10.5. The van der Waals surface area contributed by atoms with Crippen LogP contribution in [0.1, 0.15) is 31.2 Å². The molecule has 12 heteroatoms. The predicted octanol–water partition coefficient (Wildman–Crippen LogP) is 4.19. The van der Waals surface area contributed by atoms with E-state index in [9.17, 15) is 5.26 Å². The van der Waals surface area contributed by atoms with E-state index in [0.29, 0.717) is 51.0 Å². The summed E-state index contributed by atoms with van der Waals surface area (Å²) in [5.74, 6) is 0.106. The number of nitrogens with one attached hydrogen (secondary N) is 1. The number of benzene rings is 2. The second-order valence-electron chi connectivity index (χ2n) is 12.6. The van der Waals surface area contributed by atoms with Crippen LogP contribution < -0.4 is 20.7 Å². The summed E-state index contributed by atoms with van der Waals surface area (Å²) in [5, 5.41) is 15.0. The van der Waals surface area contributed by atoms with Gasteiger partial charge in [-0.3, -0.25) is 4.90 Å².